The Balaban J connectivity index is 1.37. The number of hydrogen-bond acceptors (Lipinski definition) is 4. The van der Waals surface area contributed by atoms with Crippen molar-refractivity contribution >= 4 is 17.5 Å². The Morgan fingerprint density at radius 3 is 2.37 bits per heavy atom. The number of pyridine rings is 1. The molecular formula is C20H23FN4O2. The van der Waals surface area contributed by atoms with Crippen molar-refractivity contribution in [2.75, 3.05) is 25.0 Å². The highest BCUT2D eigenvalue weighted by atomic mass is 19.1. The Kier molecular flexibility index (Phi) is 6.49. The number of nitrogens with one attached hydrogen (secondary N) is 2. The third-order valence-corrected chi connectivity index (χ3v) is 4.72. The summed E-state index contributed by atoms with van der Waals surface area (Å²) in [7, 11) is 0. The monoisotopic (exact) mass is 370 g/mol. The van der Waals surface area contributed by atoms with Crippen molar-refractivity contribution in [3.63, 3.8) is 0 Å². The standard InChI is InChI=1S/C20H23FN4O2/c21-17-1-3-18(4-2-17)24-20(27)19(26)23-13-15-7-11-25(12-8-15)14-16-5-9-22-10-6-16/h1-6,9-10,15H,7-8,11-14H2,(H,23,26)(H,24,27). The Hall–Kier alpha value is -2.80. The van der Waals surface area contributed by atoms with Crippen LogP contribution in [0.25, 0.3) is 0 Å². The van der Waals surface area contributed by atoms with Gasteiger partial charge in [-0.2, -0.15) is 0 Å². The zero-order chi connectivity index (χ0) is 19.1. The molecule has 2 amide bonds. The number of nitrogens with zero attached hydrogens (tertiary/aromatic N) is 2. The highest BCUT2D eigenvalue weighted by molar-refractivity contribution is 6.39. The van der Waals surface area contributed by atoms with Gasteiger partial charge in [0.15, 0.2) is 0 Å². The molecular weight excluding hydrogens is 347 g/mol. The summed E-state index contributed by atoms with van der Waals surface area (Å²) in [6.45, 7) is 3.32. The maximum atomic E-state index is 12.9. The van der Waals surface area contributed by atoms with Gasteiger partial charge in [-0.15, -0.1) is 0 Å². The molecule has 0 radical (unpaired) electrons. The lowest BCUT2D eigenvalue weighted by molar-refractivity contribution is -0.136. The highest BCUT2D eigenvalue weighted by Crippen LogP contribution is 2.18. The van der Waals surface area contributed by atoms with Crippen molar-refractivity contribution in [2.45, 2.75) is 19.4 Å². The molecule has 0 bridgehead atoms. The van der Waals surface area contributed by atoms with Crippen molar-refractivity contribution in [2.24, 2.45) is 5.92 Å². The van der Waals surface area contributed by atoms with E-state index in [9.17, 15) is 14.0 Å². The average Bonchev–Trinajstić information content (AvgIpc) is 2.69. The first-order chi connectivity index (χ1) is 13.1. The van der Waals surface area contributed by atoms with Gasteiger partial charge in [-0.05, 0) is 73.8 Å². The van der Waals surface area contributed by atoms with Gasteiger partial charge in [0.2, 0.25) is 0 Å². The van der Waals surface area contributed by atoms with Crippen LogP contribution in [0.2, 0.25) is 0 Å². The molecule has 142 valence electrons. The number of anilines is 1. The number of benzene rings is 1. The molecule has 1 fully saturated rings. The first-order valence-electron chi connectivity index (χ1n) is 9.06. The van der Waals surface area contributed by atoms with E-state index in [1.165, 1.54) is 29.8 Å². The largest absolute Gasteiger partial charge is 0.348 e. The van der Waals surface area contributed by atoms with E-state index in [1.807, 2.05) is 12.1 Å². The van der Waals surface area contributed by atoms with Crippen LogP contribution < -0.4 is 10.6 Å². The Morgan fingerprint density at radius 1 is 1.04 bits per heavy atom. The Labute approximate surface area is 157 Å². The van der Waals surface area contributed by atoms with E-state index in [-0.39, 0.29) is 0 Å². The smallest absolute Gasteiger partial charge is 0.313 e. The van der Waals surface area contributed by atoms with Crippen molar-refractivity contribution in [3.05, 3.63) is 60.2 Å². The number of hydrogen-bond donors (Lipinski definition) is 2. The lowest BCUT2D eigenvalue weighted by Gasteiger charge is -2.32. The maximum Gasteiger partial charge on any atom is 0.313 e. The summed E-state index contributed by atoms with van der Waals surface area (Å²) < 4.78 is 12.9. The van der Waals surface area contributed by atoms with Gasteiger partial charge in [-0.1, -0.05) is 0 Å². The summed E-state index contributed by atoms with van der Waals surface area (Å²) in [6.07, 6.45) is 5.55. The van der Waals surface area contributed by atoms with Gasteiger partial charge < -0.3 is 10.6 Å². The molecule has 2 heterocycles. The van der Waals surface area contributed by atoms with E-state index in [2.05, 4.69) is 20.5 Å². The first-order valence-corrected chi connectivity index (χ1v) is 9.06. The summed E-state index contributed by atoms with van der Waals surface area (Å²) in [5.74, 6) is -1.44. The molecule has 1 aromatic heterocycles. The number of piperidine rings is 1. The van der Waals surface area contributed by atoms with Crippen LogP contribution in [-0.2, 0) is 16.1 Å². The topological polar surface area (TPSA) is 74.3 Å². The number of aromatic nitrogens is 1. The summed E-state index contributed by atoms with van der Waals surface area (Å²) >= 11 is 0. The predicted octanol–water partition coefficient (Wildman–Crippen LogP) is 2.19. The molecule has 3 rings (SSSR count). The van der Waals surface area contributed by atoms with Gasteiger partial charge in [0.25, 0.3) is 0 Å². The number of carbonyl (C=O) groups excluding carboxylic acids is 2. The maximum absolute atomic E-state index is 12.9. The van der Waals surface area contributed by atoms with E-state index in [0.29, 0.717) is 18.2 Å². The van der Waals surface area contributed by atoms with E-state index in [0.717, 1.165) is 32.5 Å². The van der Waals surface area contributed by atoms with E-state index in [1.54, 1.807) is 12.4 Å². The summed E-state index contributed by atoms with van der Waals surface area (Å²) in [5.41, 5.74) is 1.63. The highest BCUT2D eigenvalue weighted by Gasteiger charge is 2.21. The number of amides is 2. The van der Waals surface area contributed by atoms with Gasteiger partial charge in [0.1, 0.15) is 5.82 Å². The summed E-state index contributed by atoms with van der Waals surface area (Å²) in [5, 5.41) is 5.16. The van der Waals surface area contributed by atoms with Crippen LogP contribution in [0.4, 0.5) is 10.1 Å². The predicted molar refractivity (Wildman–Crippen MR) is 100 cm³/mol. The zero-order valence-corrected chi connectivity index (χ0v) is 15.0. The van der Waals surface area contributed by atoms with Crippen LogP contribution in [0.15, 0.2) is 48.8 Å². The second-order valence-corrected chi connectivity index (χ2v) is 6.75. The molecule has 2 N–H and O–H groups in total. The van der Waals surface area contributed by atoms with Gasteiger partial charge in [0.05, 0.1) is 0 Å². The summed E-state index contributed by atoms with van der Waals surface area (Å²) in [4.78, 5) is 30.3. The molecule has 0 aliphatic carbocycles. The van der Waals surface area contributed by atoms with Gasteiger partial charge in [-0.25, -0.2) is 4.39 Å². The third kappa shape index (κ3) is 5.86. The minimum absolute atomic E-state index is 0.362. The van der Waals surface area contributed by atoms with Gasteiger partial charge in [-0.3, -0.25) is 19.5 Å². The molecule has 1 aliphatic rings. The number of likely N-dealkylation sites (tertiary alicyclic amines) is 1. The zero-order valence-electron chi connectivity index (χ0n) is 15.0. The van der Waals surface area contributed by atoms with Crippen molar-refractivity contribution in [1.82, 2.24) is 15.2 Å². The molecule has 1 saturated heterocycles. The lowest BCUT2D eigenvalue weighted by Crippen LogP contribution is -2.41. The van der Waals surface area contributed by atoms with E-state index < -0.39 is 17.6 Å². The molecule has 2 aromatic rings. The Morgan fingerprint density at radius 2 is 1.70 bits per heavy atom. The number of carbonyl (C=O) groups is 2. The average molecular weight is 370 g/mol. The SMILES string of the molecule is O=C(NCC1CCN(Cc2ccncc2)CC1)C(=O)Nc1ccc(F)cc1. The fraction of sp³-hybridized carbons (Fsp3) is 0.350. The Bertz CT molecular complexity index is 759. The number of rotatable bonds is 5. The lowest BCUT2D eigenvalue weighted by atomic mass is 9.96. The molecule has 6 nitrogen and oxygen atoms in total. The van der Waals surface area contributed by atoms with Crippen molar-refractivity contribution in [3.8, 4) is 0 Å². The minimum Gasteiger partial charge on any atom is -0.348 e. The van der Waals surface area contributed by atoms with E-state index >= 15 is 0 Å². The fourth-order valence-corrected chi connectivity index (χ4v) is 3.13. The molecule has 1 aromatic carbocycles. The normalized spacial score (nSPS) is 15.3. The quantitative estimate of drug-likeness (QED) is 0.792. The fourth-order valence-electron chi connectivity index (χ4n) is 3.13. The van der Waals surface area contributed by atoms with Gasteiger partial charge in [0, 0.05) is 31.2 Å². The first kappa shape index (κ1) is 19.0. The second-order valence-electron chi connectivity index (χ2n) is 6.75. The summed E-state index contributed by atoms with van der Waals surface area (Å²) in [6, 6.07) is 9.33. The van der Waals surface area contributed by atoms with E-state index in [4.69, 9.17) is 0 Å². The molecule has 7 heteroatoms. The third-order valence-electron chi connectivity index (χ3n) is 4.72. The van der Waals surface area contributed by atoms with Crippen molar-refractivity contribution in [1.29, 1.82) is 0 Å². The van der Waals surface area contributed by atoms with Crippen LogP contribution in [0.5, 0.6) is 0 Å². The van der Waals surface area contributed by atoms with Crippen LogP contribution >= 0.6 is 0 Å². The molecule has 27 heavy (non-hydrogen) atoms. The van der Waals surface area contributed by atoms with Crippen LogP contribution in [0.1, 0.15) is 18.4 Å². The number of halogens is 1. The molecule has 0 spiro atoms. The molecule has 1 aliphatic heterocycles. The van der Waals surface area contributed by atoms with Crippen LogP contribution in [-0.4, -0.2) is 41.3 Å². The molecule has 0 atom stereocenters. The molecule has 0 saturated carbocycles. The van der Waals surface area contributed by atoms with Gasteiger partial charge >= 0.3 is 11.8 Å². The van der Waals surface area contributed by atoms with Crippen molar-refractivity contribution < 1.29 is 14.0 Å². The van der Waals surface area contributed by atoms with Crippen LogP contribution in [0.3, 0.4) is 0 Å². The van der Waals surface area contributed by atoms with Crippen LogP contribution in [0, 0.1) is 11.7 Å². The second kappa shape index (κ2) is 9.23. The molecule has 0 unspecified atom stereocenters. The minimum atomic E-state index is -0.739.